The number of benzene rings is 2. The monoisotopic (exact) mass is 371 g/mol. The van der Waals surface area contributed by atoms with Gasteiger partial charge in [-0.1, -0.05) is 30.0 Å². The molecule has 0 radical (unpaired) electrons. The van der Waals surface area contributed by atoms with Crippen molar-refractivity contribution in [3.8, 4) is 5.75 Å². The third kappa shape index (κ3) is 3.41. The molecule has 0 N–H and O–H groups in total. The second-order valence-electron chi connectivity index (χ2n) is 5.51. The van der Waals surface area contributed by atoms with Gasteiger partial charge in [-0.25, -0.2) is 4.98 Å². The Morgan fingerprint density at radius 2 is 2.04 bits per heavy atom. The Labute approximate surface area is 153 Å². The van der Waals surface area contributed by atoms with Crippen LogP contribution in [0, 0.1) is 10.1 Å². The van der Waals surface area contributed by atoms with Gasteiger partial charge in [-0.15, -0.1) is 0 Å². The maximum absolute atomic E-state index is 12.6. The van der Waals surface area contributed by atoms with Gasteiger partial charge in [-0.3, -0.25) is 19.5 Å². The summed E-state index contributed by atoms with van der Waals surface area (Å²) in [4.78, 5) is 27.9. The van der Waals surface area contributed by atoms with Crippen LogP contribution in [0.2, 0.25) is 0 Å². The molecule has 0 aliphatic carbocycles. The Bertz CT molecular complexity index is 1030. The molecule has 26 heavy (non-hydrogen) atoms. The number of methoxy groups -OCH3 is 1. The fourth-order valence-electron chi connectivity index (χ4n) is 2.65. The fourth-order valence-corrected chi connectivity index (χ4v) is 3.66. The summed E-state index contributed by atoms with van der Waals surface area (Å²) in [6, 6.07) is 12.1. The number of para-hydroxylation sites is 1. The first-order valence-electron chi connectivity index (χ1n) is 7.98. The number of rotatable bonds is 6. The Morgan fingerprint density at radius 3 is 2.73 bits per heavy atom. The van der Waals surface area contributed by atoms with Gasteiger partial charge in [0.2, 0.25) is 0 Å². The molecule has 0 saturated heterocycles. The summed E-state index contributed by atoms with van der Waals surface area (Å²) in [5, 5.41) is 12.3. The van der Waals surface area contributed by atoms with Crippen LogP contribution in [-0.4, -0.2) is 21.6 Å². The maximum Gasteiger partial charge on any atom is 0.311 e. The molecule has 3 rings (SSSR count). The third-order valence-electron chi connectivity index (χ3n) is 3.95. The number of nitrogens with zero attached hydrogens (tertiary/aromatic N) is 3. The van der Waals surface area contributed by atoms with Gasteiger partial charge < -0.3 is 4.74 Å². The van der Waals surface area contributed by atoms with E-state index in [4.69, 9.17) is 4.74 Å². The lowest BCUT2D eigenvalue weighted by Gasteiger charge is -2.11. The van der Waals surface area contributed by atoms with Gasteiger partial charge in [-0.05, 0) is 30.7 Å². The van der Waals surface area contributed by atoms with Crippen LogP contribution in [0.1, 0.15) is 12.5 Å². The van der Waals surface area contributed by atoms with Gasteiger partial charge in [0.05, 0.1) is 22.9 Å². The van der Waals surface area contributed by atoms with E-state index in [0.29, 0.717) is 28.4 Å². The topological polar surface area (TPSA) is 87.3 Å². The summed E-state index contributed by atoms with van der Waals surface area (Å²) >= 11 is 1.38. The highest BCUT2D eigenvalue weighted by molar-refractivity contribution is 7.98. The van der Waals surface area contributed by atoms with Gasteiger partial charge in [-0.2, -0.15) is 0 Å². The van der Waals surface area contributed by atoms with Crippen molar-refractivity contribution in [2.75, 3.05) is 7.11 Å². The van der Waals surface area contributed by atoms with E-state index >= 15 is 0 Å². The Balaban J connectivity index is 1.94. The van der Waals surface area contributed by atoms with Crippen molar-refractivity contribution < 1.29 is 9.66 Å². The highest BCUT2D eigenvalue weighted by atomic mass is 32.2. The number of hydrogen-bond donors (Lipinski definition) is 0. The molecule has 0 atom stereocenters. The minimum atomic E-state index is -0.469. The summed E-state index contributed by atoms with van der Waals surface area (Å²) in [6.45, 7) is 2.39. The van der Waals surface area contributed by atoms with E-state index in [1.807, 2.05) is 19.1 Å². The van der Waals surface area contributed by atoms with Crippen LogP contribution < -0.4 is 10.3 Å². The third-order valence-corrected chi connectivity index (χ3v) is 5.00. The Hall–Kier alpha value is -2.87. The molecule has 0 aliphatic heterocycles. The number of aromatic nitrogens is 2. The van der Waals surface area contributed by atoms with E-state index in [9.17, 15) is 14.9 Å². The second-order valence-corrected chi connectivity index (χ2v) is 6.46. The Kier molecular flexibility index (Phi) is 5.22. The van der Waals surface area contributed by atoms with Crippen LogP contribution in [0.15, 0.2) is 52.4 Å². The van der Waals surface area contributed by atoms with Gasteiger partial charge >= 0.3 is 5.69 Å². The predicted molar refractivity (Wildman–Crippen MR) is 101 cm³/mol. The molecule has 1 aromatic heterocycles. The number of hydrogen-bond acceptors (Lipinski definition) is 6. The van der Waals surface area contributed by atoms with Crippen molar-refractivity contribution in [3.63, 3.8) is 0 Å². The summed E-state index contributed by atoms with van der Waals surface area (Å²) in [7, 11) is 1.40. The molecule has 0 amide bonds. The fraction of sp³-hybridized carbons (Fsp3) is 0.222. The molecule has 0 fully saturated rings. The number of thioether (sulfide) groups is 1. The molecule has 0 bridgehead atoms. The van der Waals surface area contributed by atoms with Crippen molar-refractivity contribution in [3.05, 3.63) is 68.5 Å². The van der Waals surface area contributed by atoms with Crippen molar-refractivity contribution in [1.29, 1.82) is 0 Å². The summed E-state index contributed by atoms with van der Waals surface area (Å²) in [5.41, 5.74) is 1.24. The molecule has 8 heteroatoms. The first kappa shape index (κ1) is 17.9. The summed E-state index contributed by atoms with van der Waals surface area (Å²) in [6.07, 6.45) is 0. The molecule has 0 spiro atoms. The largest absolute Gasteiger partial charge is 0.490 e. The van der Waals surface area contributed by atoms with Crippen LogP contribution in [0.25, 0.3) is 10.9 Å². The summed E-state index contributed by atoms with van der Waals surface area (Å²) < 4.78 is 6.63. The second kappa shape index (κ2) is 7.57. The summed E-state index contributed by atoms with van der Waals surface area (Å²) in [5.74, 6) is 0.674. The SMILES string of the molecule is CCn1c(SCc2ccc(OC)c([N+](=O)[O-])c2)nc2ccccc2c1=O. The van der Waals surface area contributed by atoms with E-state index in [0.717, 1.165) is 5.56 Å². The highest BCUT2D eigenvalue weighted by Gasteiger charge is 2.16. The minimum absolute atomic E-state index is 0.0787. The molecule has 7 nitrogen and oxygen atoms in total. The van der Waals surface area contributed by atoms with Crippen LogP contribution in [0.4, 0.5) is 5.69 Å². The van der Waals surface area contributed by atoms with Crippen molar-refractivity contribution >= 4 is 28.4 Å². The number of ether oxygens (including phenoxy) is 1. The Morgan fingerprint density at radius 1 is 1.27 bits per heavy atom. The number of nitro groups is 1. The molecule has 0 aliphatic rings. The van der Waals surface area contributed by atoms with E-state index in [1.165, 1.54) is 24.9 Å². The zero-order valence-electron chi connectivity index (χ0n) is 14.3. The molecular weight excluding hydrogens is 354 g/mol. The highest BCUT2D eigenvalue weighted by Crippen LogP contribution is 2.30. The first-order chi connectivity index (χ1) is 12.5. The van der Waals surface area contributed by atoms with Gasteiger partial charge in [0.15, 0.2) is 10.9 Å². The van der Waals surface area contributed by atoms with Crippen LogP contribution in [0.3, 0.4) is 0 Å². The smallest absolute Gasteiger partial charge is 0.311 e. The van der Waals surface area contributed by atoms with E-state index in [-0.39, 0.29) is 17.0 Å². The zero-order valence-corrected chi connectivity index (χ0v) is 15.2. The minimum Gasteiger partial charge on any atom is -0.490 e. The van der Waals surface area contributed by atoms with Crippen LogP contribution in [0.5, 0.6) is 5.75 Å². The van der Waals surface area contributed by atoms with Gasteiger partial charge in [0.1, 0.15) is 0 Å². The maximum atomic E-state index is 12.6. The molecule has 0 unspecified atom stereocenters. The lowest BCUT2D eigenvalue weighted by Crippen LogP contribution is -2.22. The average Bonchev–Trinajstić information content (AvgIpc) is 2.66. The van der Waals surface area contributed by atoms with E-state index in [2.05, 4.69) is 4.98 Å². The first-order valence-corrected chi connectivity index (χ1v) is 8.97. The average molecular weight is 371 g/mol. The van der Waals surface area contributed by atoms with Crippen LogP contribution >= 0.6 is 11.8 Å². The molecule has 134 valence electrons. The van der Waals surface area contributed by atoms with Gasteiger partial charge in [0, 0.05) is 18.4 Å². The van der Waals surface area contributed by atoms with Crippen molar-refractivity contribution in [2.24, 2.45) is 0 Å². The molecule has 2 aromatic carbocycles. The standard InChI is InChI=1S/C18H17N3O4S/c1-3-20-17(22)13-6-4-5-7-14(13)19-18(20)26-11-12-8-9-16(25-2)15(10-12)21(23)24/h4-10H,3,11H2,1-2H3. The number of fused-ring (bicyclic) bond motifs is 1. The molecule has 3 aromatic rings. The molecule has 1 heterocycles. The quantitative estimate of drug-likeness (QED) is 0.285. The van der Waals surface area contributed by atoms with Crippen LogP contribution in [-0.2, 0) is 12.3 Å². The van der Waals surface area contributed by atoms with E-state index in [1.54, 1.807) is 28.8 Å². The lowest BCUT2D eigenvalue weighted by molar-refractivity contribution is -0.385. The molecule has 0 saturated carbocycles. The lowest BCUT2D eigenvalue weighted by atomic mass is 10.2. The van der Waals surface area contributed by atoms with Crippen molar-refractivity contribution in [2.45, 2.75) is 24.4 Å². The zero-order chi connectivity index (χ0) is 18.7. The normalized spacial score (nSPS) is 10.8. The predicted octanol–water partition coefficient (Wildman–Crippen LogP) is 3.63. The molecular formula is C18H17N3O4S. The van der Waals surface area contributed by atoms with Gasteiger partial charge in [0.25, 0.3) is 5.56 Å². The number of nitro benzene ring substituents is 1. The van der Waals surface area contributed by atoms with Crippen molar-refractivity contribution in [1.82, 2.24) is 9.55 Å². The van der Waals surface area contributed by atoms with E-state index < -0.39 is 4.92 Å².